The Labute approximate surface area is 229 Å². The van der Waals surface area contributed by atoms with Gasteiger partial charge in [-0.3, -0.25) is 9.78 Å². The maximum absolute atomic E-state index is 12.2. The summed E-state index contributed by atoms with van der Waals surface area (Å²) in [6.07, 6.45) is 3.30. The Morgan fingerprint density at radius 1 is 1.08 bits per heavy atom. The lowest BCUT2D eigenvalue weighted by atomic mass is 9.98. The molecular weight excluding hydrogens is 524 g/mol. The van der Waals surface area contributed by atoms with E-state index in [0.717, 1.165) is 42.3 Å². The van der Waals surface area contributed by atoms with Crippen molar-refractivity contribution < 1.29 is 9.90 Å². The van der Waals surface area contributed by atoms with E-state index in [-0.39, 0.29) is 12.3 Å². The zero-order valence-corrected chi connectivity index (χ0v) is 22.1. The number of anilines is 3. The van der Waals surface area contributed by atoms with Gasteiger partial charge in [0.25, 0.3) is 0 Å². The second-order valence-electron chi connectivity index (χ2n) is 9.02. The minimum atomic E-state index is -0.780. The van der Waals surface area contributed by atoms with Gasteiger partial charge in [0.15, 0.2) is 11.6 Å². The van der Waals surface area contributed by atoms with Crippen LogP contribution in [0.1, 0.15) is 35.0 Å². The number of amides is 1. The van der Waals surface area contributed by atoms with Crippen LogP contribution >= 0.6 is 22.9 Å². The fourth-order valence-corrected chi connectivity index (χ4v) is 5.48. The second kappa shape index (κ2) is 12.2. The smallest absolute Gasteiger partial charge is 0.231 e. The predicted octanol–water partition coefficient (Wildman–Crippen LogP) is 3.91. The molecule has 1 amide bonds. The molecule has 196 valence electrons. The molecule has 0 bridgehead atoms. The molecule has 1 fully saturated rings. The maximum Gasteiger partial charge on any atom is 0.231 e. The van der Waals surface area contributed by atoms with E-state index in [1.165, 1.54) is 11.3 Å². The molecule has 1 aliphatic rings. The number of carbonyl (C=O) groups is 1. The standard InChI is InChI=1S/C26H27ClN8O2S/c27-19-5-3-4-17(14-19)15-23(36)30-26-34-33-25(38-26)18-9-12-35(13-10-18)22-8-7-21(31-32-22)29-24(37)16-20-6-1-2-11-28-20/h1-8,11,14,18,23,36H,9-10,12-13,15-16H2,(H,30,34)(H,29,31,37). The molecule has 10 nitrogen and oxygen atoms in total. The Kier molecular flexibility index (Phi) is 8.37. The number of halogens is 1. The van der Waals surface area contributed by atoms with Crippen LogP contribution in [0, 0.1) is 0 Å². The van der Waals surface area contributed by atoms with Crippen LogP contribution in [-0.2, 0) is 17.6 Å². The van der Waals surface area contributed by atoms with Crippen molar-refractivity contribution in [2.75, 3.05) is 28.6 Å². The van der Waals surface area contributed by atoms with Crippen LogP contribution in [0.25, 0.3) is 0 Å². The summed E-state index contributed by atoms with van der Waals surface area (Å²) in [6, 6.07) is 16.5. The zero-order chi connectivity index (χ0) is 26.3. The lowest BCUT2D eigenvalue weighted by molar-refractivity contribution is -0.115. The third-order valence-corrected chi connectivity index (χ3v) is 7.45. The Morgan fingerprint density at radius 3 is 2.68 bits per heavy atom. The van der Waals surface area contributed by atoms with E-state index in [9.17, 15) is 9.90 Å². The molecule has 1 aromatic carbocycles. The second-order valence-corrected chi connectivity index (χ2v) is 10.5. The molecule has 3 aromatic heterocycles. The first-order chi connectivity index (χ1) is 18.5. The fraction of sp³-hybridized carbons (Fsp3) is 0.308. The van der Waals surface area contributed by atoms with Crippen LogP contribution in [0.5, 0.6) is 0 Å². The summed E-state index contributed by atoms with van der Waals surface area (Å²) < 4.78 is 0. The lowest BCUT2D eigenvalue weighted by Gasteiger charge is -2.31. The number of aromatic nitrogens is 5. The summed E-state index contributed by atoms with van der Waals surface area (Å²) in [6.45, 7) is 1.62. The van der Waals surface area contributed by atoms with Crippen molar-refractivity contribution in [3.8, 4) is 0 Å². The first kappa shape index (κ1) is 26.0. The van der Waals surface area contributed by atoms with Gasteiger partial charge in [-0.25, -0.2) is 0 Å². The quantitative estimate of drug-likeness (QED) is 0.265. The molecule has 0 spiro atoms. The molecule has 4 aromatic rings. The van der Waals surface area contributed by atoms with Crippen LogP contribution in [0.3, 0.4) is 0 Å². The first-order valence-corrected chi connectivity index (χ1v) is 13.5. The van der Waals surface area contributed by atoms with Gasteiger partial charge in [-0.05, 0) is 54.8 Å². The van der Waals surface area contributed by atoms with Gasteiger partial charge in [0.1, 0.15) is 11.2 Å². The highest BCUT2D eigenvalue weighted by atomic mass is 35.5. The number of hydrogen-bond acceptors (Lipinski definition) is 10. The van der Waals surface area contributed by atoms with E-state index in [2.05, 4.69) is 40.9 Å². The molecular formula is C26H27ClN8O2S. The van der Waals surface area contributed by atoms with Gasteiger partial charge in [0, 0.05) is 42.3 Å². The van der Waals surface area contributed by atoms with E-state index in [1.54, 1.807) is 18.3 Å². The van der Waals surface area contributed by atoms with Crippen molar-refractivity contribution >= 4 is 45.6 Å². The van der Waals surface area contributed by atoms with Crippen molar-refractivity contribution in [2.24, 2.45) is 0 Å². The monoisotopic (exact) mass is 550 g/mol. The summed E-state index contributed by atoms with van der Waals surface area (Å²) >= 11 is 7.50. The topological polar surface area (TPSA) is 129 Å². The van der Waals surface area contributed by atoms with E-state index in [0.29, 0.717) is 34.0 Å². The molecule has 5 rings (SSSR count). The molecule has 0 radical (unpaired) electrons. The number of nitrogens with one attached hydrogen (secondary N) is 2. The third kappa shape index (κ3) is 7.00. The Bertz CT molecular complexity index is 1350. The van der Waals surface area contributed by atoms with Crippen molar-refractivity contribution in [3.05, 3.63) is 82.1 Å². The predicted molar refractivity (Wildman–Crippen MR) is 147 cm³/mol. The average Bonchev–Trinajstić information content (AvgIpc) is 3.38. The summed E-state index contributed by atoms with van der Waals surface area (Å²) in [4.78, 5) is 18.6. The molecule has 1 atom stereocenters. The number of hydrogen-bond donors (Lipinski definition) is 3. The van der Waals surface area contributed by atoms with Crippen LogP contribution in [0.4, 0.5) is 16.8 Å². The third-order valence-electron chi connectivity index (χ3n) is 6.20. The van der Waals surface area contributed by atoms with Gasteiger partial charge in [-0.2, -0.15) is 0 Å². The molecule has 1 aliphatic heterocycles. The molecule has 1 saturated heterocycles. The Morgan fingerprint density at radius 2 is 1.95 bits per heavy atom. The van der Waals surface area contributed by atoms with E-state index in [1.807, 2.05) is 42.5 Å². The van der Waals surface area contributed by atoms with Crippen molar-refractivity contribution in [2.45, 2.75) is 37.8 Å². The van der Waals surface area contributed by atoms with Crippen LogP contribution in [-0.4, -0.2) is 55.7 Å². The number of carbonyl (C=O) groups excluding carboxylic acids is 1. The van der Waals surface area contributed by atoms with E-state index in [4.69, 9.17) is 11.6 Å². The molecule has 4 heterocycles. The number of pyridine rings is 1. The Balaban J connectivity index is 1.09. The Hall–Kier alpha value is -3.67. The normalized spacial score (nSPS) is 14.7. The summed E-state index contributed by atoms with van der Waals surface area (Å²) in [5, 5.41) is 35.5. The average molecular weight is 551 g/mol. The number of nitrogens with zero attached hydrogens (tertiary/aromatic N) is 6. The van der Waals surface area contributed by atoms with Crippen LogP contribution in [0.2, 0.25) is 5.02 Å². The van der Waals surface area contributed by atoms with E-state index < -0.39 is 6.23 Å². The molecule has 12 heteroatoms. The molecule has 0 aliphatic carbocycles. The summed E-state index contributed by atoms with van der Waals surface area (Å²) in [7, 11) is 0. The minimum absolute atomic E-state index is 0.182. The highest BCUT2D eigenvalue weighted by Crippen LogP contribution is 2.33. The maximum atomic E-state index is 12.2. The number of rotatable bonds is 9. The lowest BCUT2D eigenvalue weighted by Crippen LogP contribution is -2.33. The van der Waals surface area contributed by atoms with Crippen LogP contribution in [0.15, 0.2) is 60.8 Å². The van der Waals surface area contributed by atoms with E-state index >= 15 is 0 Å². The number of benzene rings is 1. The summed E-state index contributed by atoms with van der Waals surface area (Å²) in [5.41, 5.74) is 1.64. The summed E-state index contributed by atoms with van der Waals surface area (Å²) in [5.74, 6) is 1.29. The number of aliphatic hydroxyl groups is 1. The van der Waals surface area contributed by atoms with Crippen LogP contribution < -0.4 is 15.5 Å². The van der Waals surface area contributed by atoms with Crippen molar-refractivity contribution in [3.63, 3.8) is 0 Å². The largest absolute Gasteiger partial charge is 0.373 e. The van der Waals surface area contributed by atoms with Crippen molar-refractivity contribution in [1.29, 1.82) is 0 Å². The van der Waals surface area contributed by atoms with Gasteiger partial charge in [-0.15, -0.1) is 20.4 Å². The van der Waals surface area contributed by atoms with Gasteiger partial charge < -0.3 is 20.6 Å². The minimum Gasteiger partial charge on any atom is -0.373 e. The van der Waals surface area contributed by atoms with Gasteiger partial charge in [-0.1, -0.05) is 41.1 Å². The van der Waals surface area contributed by atoms with Crippen molar-refractivity contribution in [1.82, 2.24) is 25.4 Å². The van der Waals surface area contributed by atoms with Gasteiger partial charge in [0.2, 0.25) is 11.0 Å². The first-order valence-electron chi connectivity index (χ1n) is 12.3. The van der Waals surface area contributed by atoms with Gasteiger partial charge >= 0.3 is 0 Å². The molecule has 0 saturated carbocycles. The molecule has 38 heavy (non-hydrogen) atoms. The van der Waals surface area contributed by atoms with Gasteiger partial charge in [0.05, 0.1) is 6.42 Å². The number of aliphatic hydroxyl groups excluding tert-OH is 1. The highest BCUT2D eigenvalue weighted by Gasteiger charge is 2.25. The number of piperidine rings is 1. The highest BCUT2D eigenvalue weighted by molar-refractivity contribution is 7.15. The zero-order valence-electron chi connectivity index (χ0n) is 20.5. The molecule has 1 unspecified atom stereocenters. The molecule has 3 N–H and O–H groups in total. The fourth-order valence-electron chi connectivity index (χ4n) is 4.31. The SMILES string of the molecule is O=C(Cc1ccccn1)Nc1ccc(N2CCC(c3nnc(NC(O)Cc4cccc(Cl)c4)s3)CC2)nn1.